The van der Waals surface area contributed by atoms with Crippen molar-refractivity contribution in [3.63, 3.8) is 0 Å². The molecule has 7 heteroatoms. The Morgan fingerprint density at radius 1 is 1.00 bits per heavy atom. The van der Waals surface area contributed by atoms with Crippen LogP contribution in [0.3, 0.4) is 0 Å². The number of hydrogen-bond acceptors (Lipinski definition) is 2. The Kier molecular flexibility index (Phi) is 6.27. The van der Waals surface area contributed by atoms with Gasteiger partial charge in [0.05, 0.1) is 29.7 Å². The minimum atomic E-state index is -0.378. The molecule has 5 aromatic rings. The summed E-state index contributed by atoms with van der Waals surface area (Å²) < 4.78 is 18.5. The van der Waals surface area contributed by atoms with E-state index < -0.39 is 0 Å². The molecule has 3 aromatic carbocycles. The lowest BCUT2D eigenvalue weighted by atomic mass is 10.0. The third-order valence-corrected chi connectivity index (χ3v) is 7.38. The number of nitrogens with zero attached hydrogens (tertiary/aromatic N) is 4. The van der Waals surface area contributed by atoms with Gasteiger partial charge in [-0.15, -0.1) is 0 Å². The van der Waals surface area contributed by atoms with Gasteiger partial charge in [-0.3, -0.25) is 0 Å². The first kappa shape index (κ1) is 24.7. The van der Waals surface area contributed by atoms with Crippen molar-refractivity contribution in [1.82, 2.24) is 19.2 Å². The fraction of sp³-hybridized carbons (Fsp3) is 0.188. The monoisotopic (exact) mass is 519 g/mol. The zero-order valence-corrected chi connectivity index (χ0v) is 22.2. The predicted octanol–water partition coefficient (Wildman–Crippen LogP) is 7.12. The lowest BCUT2D eigenvalue weighted by Gasteiger charge is -2.31. The van der Waals surface area contributed by atoms with Crippen LogP contribution in [0.5, 0.6) is 0 Å². The third kappa shape index (κ3) is 4.40. The highest BCUT2D eigenvalue weighted by Gasteiger charge is 2.36. The van der Waals surface area contributed by atoms with Gasteiger partial charge < -0.3 is 14.8 Å². The minimum Gasteiger partial charge on any atom is -0.308 e. The largest absolute Gasteiger partial charge is 0.322 e. The molecule has 0 fully saturated rings. The smallest absolute Gasteiger partial charge is 0.308 e. The average molecular weight is 520 g/mol. The molecule has 6 nitrogen and oxygen atoms in total. The normalized spacial score (nSPS) is 14.5. The number of rotatable bonds is 4. The Labute approximate surface area is 227 Å². The number of para-hydroxylation sites is 1. The number of carbonyl (C=O) groups is 1. The summed E-state index contributed by atoms with van der Waals surface area (Å²) in [5.41, 5.74) is 6.90. The fourth-order valence-corrected chi connectivity index (χ4v) is 5.31. The summed E-state index contributed by atoms with van der Waals surface area (Å²) in [4.78, 5) is 15.9. The van der Waals surface area contributed by atoms with Crippen LogP contribution >= 0.6 is 0 Å². The number of nitrogens with one attached hydrogen (secondary N) is 1. The average Bonchev–Trinajstić information content (AvgIpc) is 3.53. The molecule has 3 heterocycles. The zero-order chi connectivity index (χ0) is 27.1. The van der Waals surface area contributed by atoms with Crippen molar-refractivity contribution in [2.45, 2.75) is 39.8 Å². The zero-order valence-electron chi connectivity index (χ0n) is 22.2. The van der Waals surface area contributed by atoms with Gasteiger partial charge in [0.15, 0.2) is 0 Å². The van der Waals surface area contributed by atoms with Crippen molar-refractivity contribution in [1.29, 1.82) is 0 Å². The highest BCUT2D eigenvalue weighted by Crippen LogP contribution is 2.39. The molecule has 0 bridgehead atoms. The van der Waals surface area contributed by atoms with Crippen molar-refractivity contribution in [2.75, 3.05) is 5.32 Å². The molecule has 0 radical (unpaired) electrons. The van der Waals surface area contributed by atoms with Crippen LogP contribution in [0.25, 0.3) is 11.5 Å². The Balaban J connectivity index is 1.54. The van der Waals surface area contributed by atoms with E-state index in [1.54, 1.807) is 19.1 Å². The number of carbonyl (C=O) groups excluding carboxylic acids is 1. The van der Waals surface area contributed by atoms with Gasteiger partial charge in [0.25, 0.3) is 0 Å². The summed E-state index contributed by atoms with van der Waals surface area (Å²) in [6, 6.07) is 26.5. The van der Waals surface area contributed by atoms with E-state index >= 15 is 0 Å². The maximum Gasteiger partial charge on any atom is 0.322 e. The maximum absolute atomic E-state index is 14.4. The van der Waals surface area contributed by atoms with Crippen molar-refractivity contribution in [3.05, 3.63) is 131 Å². The molecular formula is C32H30FN5O. The van der Waals surface area contributed by atoms with Crippen LogP contribution in [0.1, 0.15) is 46.6 Å². The van der Waals surface area contributed by atoms with E-state index in [2.05, 4.69) is 47.1 Å². The lowest BCUT2D eigenvalue weighted by molar-refractivity contribution is 0.194. The van der Waals surface area contributed by atoms with Crippen LogP contribution in [0.15, 0.2) is 91.1 Å². The first-order valence-corrected chi connectivity index (χ1v) is 13.2. The highest BCUT2D eigenvalue weighted by atomic mass is 19.1. The number of benzene rings is 3. The second kappa shape index (κ2) is 9.91. The quantitative estimate of drug-likeness (QED) is 0.275. The number of anilines is 1. The molecule has 1 N–H and O–H groups in total. The fourth-order valence-electron chi connectivity index (χ4n) is 5.31. The first-order chi connectivity index (χ1) is 18.9. The molecule has 1 aliphatic heterocycles. The molecule has 1 atom stereocenters. The van der Waals surface area contributed by atoms with Gasteiger partial charge in [-0.05, 0) is 67.8 Å². The second-order valence-corrected chi connectivity index (χ2v) is 9.99. The van der Waals surface area contributed by atoms with Crippen LogP contribution in [-0.2, 0) is 13.0 Å². The molecule has 2 aromatic heterocycles. The van der Waals surface area contributed by atoms with Gasteiger partial charge in [0.2, 0.25) is 0 Å². The molecule has 0 unspecified atom stereocenters. The standard InChI is InChI=1S/C32H30FN5O/c1-4-28-26-20-37(32(39)34-24-17-14-22(3)27(33)19-24)30(23-15-12-21(2)13-16-23)29-11-8-18-36(29)31(26)38(35-28)25-9-6-5-7-10-25/h5-19,30H,4,20H2,1-3H3,(H,34,39)/t30-/m0/s1. The van der Waals surface area contributed by atoms with E-state index in [1.807, 2.05) is 59.1 Å². The second-order valence-electron chi connectivity index (χ2n) is 9.99. The van der Waals surface area contributed by atoms with E-state index in [0.29, 0.717) is 24.2 Å². The SMILES string of the molecule is CCc1nn(-c2ccccc2)c2c1CN(C(=O)Nc1ccc(C)c(F)c1)[C@@H](c1ccc(C)cc1)c1cccn1-2. The molecule has 39 heavy (non-hydrogen) atoms. The number of fused-ring (bicyclic) bond motifs is 3. The Hall–Kier alpha value is -4.65. The van der Waals surface area contributed by atoms with Crippen LogP contribution in [0.4, 0.5) is 14.9 Å². The van der Waals surface area contributed by atoms with Gasteiger partial charge >= 0.3 is 6.03 Å². The lowest BCUT2D eigenvalue weighted by Crippen LogP contribution is -2.38. The van der Waals surface area contributed by atoms with E-state index in [0.717, 1.165) is 39.6 Å². The number of amides is 2. The van der Waals surface area contributed by atoms with Gasteiger partial charge in [-0.25, -0.2) is 13.9 Å². The number of aryl methyl sites for hydroxylation is 3. The van der Waals surface area contributed by atoms with Crippen molar-refractivity contribution in [3.8, 4) is 11.5 Å². The first-order valence-electron chi connectivity index (χ1n) is 13.2. The van der Waals surface area contributed by atoms with E-state index in [4.69, 9.17) is 5.10 Å². The van der Waals surface area contributed by atoms with E-state index in [-0.39, 0.29) is 17.9 Å². The molecule has 0 saturated carbocycles. The number of urea groups is 1. The molecule has 0 aliphatic carbocycles. The molecule has 0 saturated heterocycles. The molecule has 0 spiro atoms. The maximum atomic E-state index is 14.4. The Bertz CT molecular complexity index is 1650. The van der Waals surface area contributed by atoms with Crippen molar-refractivity contribution < 1.29 is 9.18 Å². The van der Waals surface area contributed by atoms with Gasteiger partial charge in [-0.1, -0.05) is 61.0 Å². The van der Waals surface area contributed by atoms with Crippen LogP contribution < -0.4 is 5.32 Å². The highest BCUT2D eigenvalue weighted by molar-refractivity contribution is 5.90. The molecule has 6 rings (SSSR count). The van der Waals surface area contributed by atoms with Crippen LogP contribution in [0, 0.1) is 19.7 Å². The van der Waals surface area contributed by atoms with E-state index in [1.165, 1.54) is 6.07 Å². The summed E-state index contributed by atoms with van der Waals surface area (Å²) in [5.74, 6) is 0.569. The van der Waals surface area contributed by atoms with Gasteiger partial charge in [-0.2, -0.15) is 5.10 Å². The Morgan fingerprint density at radius 3 is 2.49 bits per heavy atom. The topological polar surface area (TPSA) is 55.1 Å². The van der Waals surface area contributed by atoms with Gasteiger partial charge in [0, 0.05) is 17.4 Å². The number of hydrogen-bond donors (Lipinski definition) is 1. The van der Waals surface area contributed by atoms with Crippen molar-refractivity contribution >= 4 is 11.7 Å². The van der Waals surface area contributed by atoms with Crippen LogP contribution in [0.2, 0.25) is 0 Å². The molecular weight excluding hydrogens is 489 g/mol. The van der Waals surface area contributed by atoms with E-state index in [9.17, 15) is 9.18 Å². The molecule has 2 amide bonds. The third-order valence-electron chi connectivity index (χ3n) is 7.38. The number of halogens is 1. The van der Waals surface area contributed by atoms with Gasteiger partial charge in [0.1, 0.15) is 11.6 Å². The molecule has 1 aliphatic rings. The van der Waals surface area contributed by atoms with Crippen LogP contribution in [-0.4, -0.2) is 25.3 Å². The summed E-state index contributed by atoms with van der Waals surface area (Å²) in [6.45, 7) is 6.17. The summed E-state index contributed by atoms with van der Waals surface area (Å²) in [5, 5.41) is 7.96. The van der Waals surface area contributed by atoms with Crippen molar-refractivity contribution in [2.24, 2.45) is 0 Å². The summed E-state index contributed by atoms with van der Waals surface area (Å²) >= 11 is 0. The minimum absolute atomic E-state index is 0.307. The predicted molar refractivity (Wildman–Crippen MR) is 151 cm³/mol. The summed E-state index contributed by atoms with van der Waals surface area (Å²) in [7, 11) is 0. The molecule has 196 valence electrons. The summed E-state index contributed by atoms with van der Waals surface area (Å²) in [6.07, 6.45) is 2.75. The Morgan fingerprint density at radius 2 is 1.77 bits per heavy atom. The number of aromatic nitrogens is 3.